The molecule has 7 heteroatoms. The van der Waals surface area contributed by atoms with E-state index >= 15 is 0 Å². The predicted octanol–water partition coefficient (Wildman–Crippen LogP) is 2.53. The van der Waals surface area contributed by atoms with Gasteiger partial charge in [0, 0.05) is 25.0 Å². The van der Waals surface area contributed by atoms with Crippen LogP contribution in [0.1, 0.15) is 36.3 Å². The monoisotopic (exact) mass is 367 g/mol. The average Bonchev–Trinajstić information content (AvgIpc) is 3.02. The van der Waals surface area contributed by atoms with Gasteiger partial charge in [0.15, 0.2) is 0 Å². The van der Waals surface area contributed by atoms with Crippen molar-refractivity contribution >= 4 is 21.8 Å². The maximum atomic E-state index is 12.1. The van der Waals surface area contributed by atoms with E-state index in [1.807, 2.05) is 38.6 Å². The predicted molar refractivity (Wildman–Crippen MR) is 88.7 cm³/mol. The molecule has 0 aromatic carbocycles. The van der Waals surface area contributed by atoms with Gasteiger partial charge in [-0.15, -0.1) is 0 Å². The first-order valence-electron chi connectivity index (χ1n) is 7.38. The van der Waals surface area contributed by atoms with E-state index in [0.717, 1.165) is 34.4 Å². The van der Waals surface area contributed by atoms with Crippen LogP contribution in [0.2, 0.25) is 0 Å². The first-order valence-corrected chi connectivity index (χ1v) is 8.17. The van der Waals surface area contributed by atoms with Gasteiger partial charge in [0.25, 0.3) is 0 Å². The van der Waals surface area contributed by atoms with Crippen molar-refractivity contribution in [1.29, 1.82) is 0 Å². The Balaban J connectivity index is 1.78. The van der Waals surface area contributed by atoms with Gasteiger partial charge >= 0.3 is 0 Å². The first kappa shape index (κ1) is 16.7. The van der Waals surface area contributed by atoms with E-state index in [4.69, 9.17) is 0 Å². The summed E-state index contributed by atoms with van der Waals surface area (Å²) >= 11 is 3.52. The van der Waals surface area contributed by atoms with E-state index < -0.39 is 0 Å². The van der Waals surface area contributed by atoms with Gasteiger partial charge in [-0.05, 0) is 55.6 Å². The molecule has 0 aliphatic heterocycles. The third kappa shape index (κ3) is 3.76. The molecule has 1 unspecified atom stereocenters. The lowest BCUT2D eigenvalue weighted by atomic mass is 10.3. The summed E-state index contributed by atoms with van der Waals surface area (Å²) in [5, 5.41) is 11.6. The molecule has 22 heavy (non-hydrogen) atoms. The molecule has 1 amide bonds. The van der Waals surface area contributed by atoms with Gasteiger partial charge in [0.1, 0.15) is 6.04 Å². The fourth-order valence-electron chi connectivity index (χ4n) is 2.25. The summed E-state index contributed by atoms with van der Waals surface area (Å²) in [6, 6.07) is -0.295. The molecule has 0 bridgehead atoms. The van der Waals surface area contributed by atoms with Crippen LogP contribution in [-0.2, 0) is 11.3 Å². The fourth-order valence-corrected chi connectivity index (χ4v) is 2.53. The normalized spacial score (nSPS) is 12.4. The standard InChI is InChI=1S/C15H22BrN5O/c1-10-8-18-21(9-10)13(4)15(22)17-6-5-7-20-12(3)14(16)11(2)19-20/h8-9,13H,5-7H2,1-4H3,(H,17,22). The summed E-state index contributed by atoms with van der Waals surface area (Å²) in [5.41, 5.74) is 3.16. The molecular weight excluding hydrogens is 346 g/mol. The SMILES string of the molecule is Cc1cnn(C(C)C(=O)NCCCn2nc(C)c(Br)c2C)c1. The van der Waals surface area contributed by atoms with E-state index in [0.29, 0.717) is 6.54 Å². The second-order valence-corrected chi connectivity index (χ2v) is 6.32. The largest absolute Gasteiger partial charge is 0.354 e. The lowest BCUT2D eigenvalue weighted by Crippen LogP contribution is -2.32. The Kier molecular flexibility index (Phi) is 5.39. The zero-order valence-electron chi connectivity index (χ0n) is 13.4. The van der Waals surface area contributed by atoms with Gasteiger partial charge in [0.05, 0.1) is 16.4 Å². The number of halogens is 1. The van der Waals surface area contributed by atoms with Crippen molar-refractivity contribution in [2.75, 3.05) is 6.54 Å². The molecule has 1 N–H and O–H groups in total. The summed E-state index contributed by atoms with van der Waals surface area (Å²) < 4.78 is 4.70. The van der Waals surface area contributed by atoms with Crippen molar-refractivity contribution in [3.05, 3.63) is 33.8 Å². The Labute approximate surface area is 139 Å². The number of aromatic nitrogens is 4. The highest BCUT2D eigenvalue weighted by Gasteiger charge is 2.15. The lowest BCUT2D eigenvalue weighted by molar-refractivity contribution is -0.124. The maximum absolute atomic E-state index is 12.1. The smallest absolute Gasteiger partial charge is 0.244 e. The van der Waals surface area contributed by atoms with Crippen LogP contribution >= 0.6 is 15.9 Å². The quantitative estimate of drug-likeness (QED) is 0.797. The molecule has 0 saturated heterocycles. The Morgan fingerprint density at radius 2 is 2.14 bits per heavy atom. The van der Waals surface area contributed by atoms with Crippen LogP contribution in [0.4, 0.5) is 0 Å². The van der Waals surface area contributed by atoms with Gasteiger partial charge in [-0.25, -0.2) is 0 Å². The third-order valence-electron chi connectivity index (χ3n) is 3.65. The summed E-state index contributed by atoms with van der Waals surface area (Å²) in [6.45, 7) is 9.22. The minimum atomic E-state index is -0.295. The second-order valence-electron chi connectivity index (χ2n) is 5.53. The lowest BCUT2D eigenvalue weighted by Gasteiger charge is -2.12. The van der Waals surface area contributed by atoms with Crippen molar-refractivity contribution in [3.8, 4) is 0 Å². The molecule has 1 atom stereocenters. The molecule has 2 aromatic heterocycles. The maximum Gasteiger partial charge on any atom is 0.244 e. The van der Waals surface area contributed by atoms with Crippen molar-refractivity contribution in [2.45, 2.75) is 46.7 Å². The summed E-state index contributed by atoms with van der Waals surface area (Å²) in [6.07, 6.45) is 4.47. The minimum absolute atomic E-state index is 0.0161. The second kappa shape index (κ2) is 7.09. The number of carbonyl (C=O) groups excluding carboxylic acids is 1. The van der Waals surface area contributed by atoms with Gasteiger partial charge in [-0.2, -0.15) is 10.2 Å². The van der Waals surface area contributed by atoms with Crippen LogP contribution in [0.3, 0.4) is 0 Å². The number of amides is 1. The number of aryl methyl sites for hydroxylation is 3. The van der Waals surface area contributed by atoms with Crippen molar-refractivity contribution in [1.82, 2.24) is 24.9 Å². The zero-order valence-corrected chi connectivity index (χ0v) is 15.0. The van der Waals surface area contributed by atoms with E-state index in [9.17, 15) is 4.79 Å². The van der Waals surface area contributed by atoms with Crippen LogP contribution in [0, 0.1) is 20.8 Å². The van der Waals surface area contributed by atoms with E-state index in [1.165, 1.54) is 0 Å². The number of nitrogens with one attached hydrogen (secondary N) is 1. The topological polar surface area (TPSA) is 64.7 Å². The molecule has 6 nitrogen and oxygen atoms in total. The van der Waals surface area contributed by atoms with E-state index in [-0.39, 0.29) is 11.9 Å². The van der Waals surface area contributed by atoms with Crippen molar-refractivity contribution < 1.29 is 4.79 Å². The summed E-state index contributed by atoms with van der Waals surface area (Å²) in [5.74, 6) is -0.0161. The Bertz CT molecular complexity index is 661. The molecule has 0 aliphatic carbocycles. The van der Waals surface area contributed by atoms with Crippen LogP contribution in [0.25, 0.3) is 0 Å². The molecule has 0 saturated carbocycles. The summed E-state index contributed by atoms with van der Waals surface area (Å²) in [7, 11) is 0. The highest BCUT2D eigenvalue weighted by molar-refractivity contribution is 9.10. The van der Waals surface area contributed by atoms with E-state index in [1.54, 1.807) is 10.9 Å². The molecular formula is C15H22BrN5O. The average molecular weight is 368 g/mol. The zero-order chi connectivity index (χ0) is 16.3. The Hall–Kier alpha value is -1.63. The number of carbonyl (C=O) groups is 1. The molecule has 0 fully saturated rings. The Morgan fingerprint density at radius 1 is 1.41 bits per heavy atom. The minimum Gasteiger partial charge on any atom is -0.354 e. The Morgan fingerprint density at radius 3 is 2.68 bits per heavy atom. The fraction of sp³-hybridized carbons (Fsp3) is 0.533. The molecule has 2 rings (SSSR count). The first-order chi connectivity index (χ1) is 10.4. The molecule has 2 aromatic rings. The molecule has 2 heterocycles. The highest BCUT2D eigenvalue weighted by Crippen LogP contribution is 2.19. The molecule has 0 radical (unpaired) electrons. The highest BCUT2D eigenvalue weighted by atomic mass is 79.9. The number of nitrogens with zero attached hydrogens (tertiary/aromatic N) is 4. The number of rotatable bonds is 6. The van der Waals surface area contributed by atoms with Crippen molar-refractivity contribution in [2.24, 2.45) is 0 Å². The summed E-state index contributed by atoms with van der Waals surface area (Å²) in [4.78, 5) is 12.1. The number of hydrogen-bond acceptors (Lipinski definition) is 3. The molecule has 120 valence electrons. The van der Waals surface area contributed by atoms with Crippen LogP contribution in [0.5, 0.6) is 0 Å². The van der Waals surface area contributed by atoms with E-state index in [2.05, 4.69) is 31.4 Å². The van der Waals surface area contributed by atoms with Gasteiger partial charge in [-0.3, -0.25) is 14.2 Å². The third-order valence-corrected chi connectivity index (χ3v) is 4.79. The van der Waals surface area contributed by atoms with Gasteiger partial charge in [0.2, 0.25) is 5.91 Å². The molecule has 0 spiro atoms. The van der Waals surface area contributed by atoms with Gasteiger partial charge < -0.3 is 5.32 Å². The number of hydrogen-bond donors (Lipinski definition) is 1. The van der Waals surface area contributed by atoms with Crippen LogP contribution in [0.15, 0.2) is 16.9 Å². The van der Waals surface area contributed by atoms with Crippen molar-refractivity contribution in [3.63, 3.8) is 0 Å². The molecule has 0 aliphatic rings. The van der Waals surface area contributed by atoms with Gasteiger partial charge in [-0.1, -0.05) is 0 Å². The van der Waals surface area contributed by atoms with Crippen LogP contribution < -0.4 is 5.32 Å². The van der Waals surface area contributed by atoms with Crippen LogP contribution in [-0.4, -0.2) is 32.0 Å².